The smallest absolute Gasteiger partial charge is 0.311 e. The van der Waals surface area contributed by atoms with Crippen LogP contribution in [0.3, 0.4) is 0 Å². The second kappa shape index (κ2) is 8.76. The van der Waals surface area contributed by atoms with Crippen LogP contribution in [-0.4, -0.2) is 40.1 Å². The highest BCUT2D eigenvalue weighted by Gasteiger charge is 2.59. The lowest BCUT2D eigenvalue weighted by Crippen LogP contribution is -2.45. The standard InChI is InChI=1S/C28H15N9O3S2/c1-3-10-19-15(6-1)22(34-40-19)25-24(26-29-12-13-41-26)37(18-9-5-8-17-23(18)33-35-31-17)28(39-25,21-14-42-36-32-21)27-30-16-7-2-4-11-20(16)38-27/h1-14H,(H,31,33,35). The average molecular weight is 590 g/mol. The lowest BCUT2D eigenvalue weighted by Gasteiger charge is -2.35. The van der Waals surface area contributed by atoms with Crippen LogP contribution >= 0.6 is 22.9 Å². The number of benzene rings is 3. The molecule has 1 atom stereocenters. The number of H-pyrrole nitrogens is 1. The molecule has 0 fully saturated rings. The molecule has 0 amide bonds. The Morgan fingerprint density at radius 1 is 0.905 bits per heavy atom. The van der Waals surface area contributed by atoms with Crippen LogP contribution in [0.25, 0.3) is 44.6 Å². The van der Waals surface area contributed by atoms with E-state index in [2.05, 4.69) is 30.2 Å². The maximum absolute atomic E-state index is 7.13. The lowest BCUT2D eigenvalue weighted by molar-refractivity contribution is 0.0696. The van der Waals surface area contributed by atoms with E-state index in [1.807, 2.05) is 82.4 Å². The molecule has 12 nitrogen and oxygen atoms in total. The van der Waals surface area contributed by atoms with Crippen LogP contribution < -0.4 is 4.90 Å². The number of hydrogen-bond acceptors (Lipinski definition) is 13. The molecule has 0 saturated heterocycles. The Labute approximate surface area is 243 Å². The number of para-hydroxylation sites is 4. The predicted molar refractivity (Wildman–Crippen MR) is 155 cm³/mol. The predicted octanol–water partition coefficient (Wildman–Crippen LogP) is 5.81. The number of oxazole rings is 1. The van der Waals surface area contributed by atoms with Crippen molar-refractivity contribution in [2.75, 3.05) is 4.90 Å². The topological polar surface area (TPSA) is 145 Å². The average Bonchev–Trinajstić information content (AvgIpc) is 3.87. The number of thiazole rings is 1. The molecule has 202 valence electrons. The summed E-state index contributed by atoms with van der Waals surface area (Å²) in [7, 11) is 0. The number of nitrogens with one attached hydrogen (secondary N) is 1. The summed E-state index contributed by atoms with van der Waals surface area (Å²) in [5, 5.41) is 25.7. The fraction of sp³-hybridized carbons (Fsp3) is 0.0357. The first-order chi connectivity index (χ1) is 20.8. The van der Waals surface area contributed by atoms with Crippen LogP contribution in [0.15, 0.2) is 92.6 Å². The molecule has 8 aromatic rings. The zero-order chi connectivity index (χ0) is 27.7. The minimum Gasteiger partial charge on any atom is -0.448 e. The first kappa shape index (κ1) is 23.3. The molecule has 0 spiro atoms. The maximum atomic E-state index is 7.13. The molecule has 42 heavy (non-hydrogen) atoms. The number of hydrogen-bond donors (Lipinski definition) is 1. The Bertz CT molecular complexity index is 2240. The Balaban J connectivity index is 1.44. The van der Waals surface area contributed by atoms with Gasteiger partial charge in [0.25, 0.3) is 5.89 Å². The van der Waals surface area contributed by atoms with E-state index in [0.717, 1.165) is 5.39 Å². The summed E-state index contributed by atoms with van der Waals surface area (Å²) in [6.07, 6.45) is 1.74. The monoisotopic (exact) mass is 589 g/mol. The van der Waals surface area contributed by atoms with Crippen LogP contribution in [0.4, 0.5) is 5.69 Å². The van der Waals surface area contributed by atoms with Crippen molar-refractivity contribution in [3.63, 3.8) is 0 Å². The number of aromatic amines is 1. The van der Waals surface area contributed by atoms with E-state index < -0.39 is 5.72 Å². The third-order valence-electron chi connectivity index (χ3n) is 7.09. The third-order valence-corrected chi connectivity index (χ3v) is 8.37. The van der Waals surface area contributed by atoms with Gasteiger partial charge in [0.2, 0.25) is 0 Å². The molecular weight excluding hydrogens is 575 g/mol. The minimum atomic E-state index is -1.57. The minimum absolute atomic E-state index is 0.244. The van der Waals surface area contributed by atoms with Crippen LogP contribution in [0, 0.1) is 0 Å². The Morgan fingerprint density at radius 2 is 1.79 bits per heavy atom. The fourth-order valence-corrected chi connectivity index (χ4v) is 6.47. The van der Waals surface area contributed by atoms with Crippen LogP contribution in [0.5, 0.6) is 0 Å². The molecule has 3 aromatic carbocycles. The van der Waals surface area contributed by atoms with Gasteiger partial charge < -0.3 is 13.7 Å². The molecule has 1 N–H and O–H groups in total. The highest BCUT2D eigenvalue weighted by Crippen LogP contribution is 2.55. The molecular formula is C28H15N9O3S2. The molecule has 0 saturated carbocycles. The van der Waals surface area contributed by atoms with E-state index in [-0.39, 0.29) is 5.89 Å². The van der Waals surface area contributed by atoms with E-state index in [0.29, 0.717) is 61.3 Å². The number of rotatable bonds is 5. The second-order valence-electron chi connectivity index (χ2n) is 9.37. The molecule has 1 unspecified atom stereocenters. The normalized spacial score (nSPS) is 17.2. The Morgan fingerprint density at radius 3 is 2.64 bits per heavy atom. The lowest BCUT2D eigenvalue weighted by atomic mass is 10.1. The summed E-state index contributed by atoms with van der Waals surface area (Å²) < 4.78 is 23.6. The van der Waals surface area contributed by atoms with Crippen molar-refractivity contribution in [2.24, 2.45) is 0 Å². The van der Waals surface area contributed by atoms with E-state index >= 15 is 0 Å². The van der Waals surface area contributed by atoms with Crippen LogP contribution in [-0.2, 0) is 10.5 Å². The van der Waals surface area contributed by atoms with Crippen molar-refractivity contribution < 1.29 is 13.7 Å². The van der Waals surface area contributed by atoms with Crippen molar-refractivity contribution in [3.8, 4) is 0 Å². The summed E-state index contributed by atoms with van der Waals surface area (Å²) in [4.78, 5) is 11.6. The van der Waals surface area contributed by atoms with Crippen molar-refractivity contribution in [2.45, 2.75) is 5.72 Å². The first-order valence-corrected chi connectivity index (χ1v) is 14.4. The van der Waals surface area contributed by atoms with Crippen molar-refractivity contribution in [1.29, 1.82) is 0 Å². The van der Waals surface area contributed by atoms with Gasteiger partial charge in [-0.1, -0.05) is 40.0 Å². The molecule has 6 heterocycles. The number of nitrogens with zero attached hydrogens (tertiary/aromatic N) is 8. The molecule has 14 heteroatoms. The van der Waals surface area contributed by atoms with Crippen molar-refractivity contribution in [1.82, 2.24) is 40.1 Å². The largest absolute Gasteiger partial charge is 0.448 e. The van der Waals surface area contributed by atoms with Gasteiger partial charge in [0, 0.05) is 17.0 Å². The highest BCUT2D eigenvalue weighted by molar-refractivity contribution is 7.10. The molecule has 1 aliphatic rings. The molecule has 9 rings (SSSR count). The van der Waals surface area contributed by atoms with Crippen LogP contribution in [0.2, 0.25) is 0 Å². The number of anilines is 1. The van der Waals surface area contributed by atoms with Gasteiger partial charge in [-0.3, -0.25) is 4.90 Å². The number of ether oxygens (including phenoxy) is 1. The number of fused-ring (bicyclic) bond motifs is 3. The van der Waals surface area contributed by atoms with Crippen molar-refractivity contribution in [3.05, 3.63) is 106 Å². The highest BCUT2D eigenvalue weighted by atomic mass is 32.1. The van der Waals surface area contributed by atoms with Gasteiger partial charge in [0.1, 0.15) is 27.3 Å². The Hall–Kier alpha value is -5.47. The quantitative estimate of drug-likeness (QED) is 0.259. The molecule has 5 aromatic heterocycles. The maximum Gasteiger partial charge on any atom is 0.311 e. The first-order valence-electron chi connectivity index (χ1n) is 12.7. The summed E-state index contributed by atoms with van der Waals surface area (Å²) >= 11 is 2.65. The molecule has 0 radical (unpaired) electrons. The summed E-state index contributed by atoms with van der Waals surface area (Å²) in [6, 6.07) is 20.9. The van der Waals surface area contributed by atoms with Gasteiger partial charge in [0.15, 0.2) is 28.3 Å². The SMILES string of the molecule is c1ccc2oc(C3(c4csnn4)OC(c4noc5ccccc45)=C(c4nccs4)N3c3cccc4n[nH]nc34)nc2c1. The van der Waals surface area contributed by atoms with Gasteiger partial charge in [-0.05, 0) is 47.9 Å². The van der Waals surface area contributed by atoms with E-state index in [1.165, 1.54) is 22.9 Å². The van der Waals surface area contributed by atoms with Crippen molar-refractivity contribution >= 4 is 73.1 Å². The Kier molecular flexibility index (Phi) is 4.85. The molecule has 1 aliphatic heterocycles. The zero-order valence-electron chi connectivity index (χ0n) is 21.2. The van der Waals surface area contributed by atoms with Gasteiger partial charge in [-0.2, -0.15) is 15.4 Å². The number of aromatic nitrogens is 8. The van der Waals surface area contributed by atoms with E-state index in [4.69, 9.17) is 23.6 Å². The molecule has 0 aliphatic carbocycles. The third kappa shape index (κ3) is 3.18. The van der Waals surface area contributed by atoms with Gasteiger partial charge >= 0.3 is 5.72 Å². The summed E-state index contributed by atoms with van der Waals surface area (Å²) in [5.41, 5.74) is 3.77. The van der Waals surface area contributed by atoms with E-state index in [9.17, 15) is 0 Å². The fourth-order valence-electron chi connectivity index (χ4n) is 5.31. The van der Waals surface area contributed by atoms with Gasteiger partial charge in [0.05, 0.1) is 11.1 Å². The zero-order valence-corrected chi connectivity index (χ0v) is 22.8. The van der Waals surface area contributed by atoms with Gasteiger partial charge in [-0.15, -0.1) is 16.4 Å². The van der Waals surface area contributed by atoms with Gasteiger partial charge in [-0.25, -0.2) is 9.97 Å². The summed E-state index contributed by atoms with van der Waals surface area (Å²) in [5.74, 6) is 0.652. The summed E-state index contributed by atoms with van der Waals surface area (Å²) in [6.45, 7) is 0. The van der Waals surface area contributed by atoms with E-state index in [1.54, 1.807) is 6.20 Å². The van der Waals surface area contributed by atoms with Crippen LogP contribution in [0.1, 0.15) is 22.3 Å². The second-order valence-corrected chi connectivity index (χ2v) is 10.9. The molecule has 0 bridgehead atoms.